The lowest BCUT2D eigenvalue weighted by atomic mass is 10.1. The first-order chi connectivity index (χ1) is 7.70. The molecule has 0 saturated carbocycles. The second kappa shape index (κ2) is 4.76. The van der Waals surface area contributed by atoms with Gasteiger partial charge in [0, 0.05) is 10.0 Å². The first-order valence-electron chi connectivity index (χ1n) is 4.94. The number of benzene rings is 1. The van der Waals surface area contributed by atoms with E-state index in [1.54, 1.807) is 0 Å². The largest absolute Gasteiger partial charge is 0.334 e. The Hall–Kier alpha value is -1.20. The maximum Gasteiger partial charge on any atom is 0.257 e. The summed E-state index contributed by atoms with van der Waals surface area (Å²) in [6.07, 6.45) is 0. The van der Waals surface area contributed by atoms with Crippen LogP contribution in [-0.2, 0) is 6.54 Å². The molecular weight excluding hydrogens is 270 g/mol. The Morgan fingerprint density at radius 3 is 2.94 bits per heavy atom. The highest BCUT2D eigenvalue weighted by Crippen LogP contribution is 2.23. The van der Waals surface area contributed by atoms with Crippen molar-refractivity contribution in [2.75, 3.05) is 7.05 Å². The molecule has 0 aliphatic rings. The summed E-state index contributed by atoms with van der Waals surface area (Å²) in [7, 11) is 1.85. The minimum absolute atomic E-state index is 0.556. The molecule has 0 aliphatic heterocycles. The van der Waals surface area contributed by atoms with Gasteiger partial charge in [-0.1, -0.05) is 21.1 Å². The number of hydrogen-bond donors (Lipinski definition) is 1. The van der Waals surface area contributed by atoms with Gasteiger partial charge >= 0.3 is 0 Å². The van der Waals surface area contributed by atoms with Crippen LogP contribution in [0, 0.1) is 6.92 Å². The van der Waals surface area contributed by atoms with Gasteiger partial charge in [0.25, 0.3) is 5.89 Å². The highest BCUT2D eigenvalue weighted by atomic mass is 79.9. The Balaban J connectivity index is 2.31. The summed E-state index contributed by atoms with van der Waals surface area (Å²) >= 11 is 3.46. The van der Waals surface area contributed by atoms with E-state index in [9.17, 15) is 0 Å². The van der Waals surface area contributed by atoms with E-state index in [1.807, 2.05) is 32.2 Å². The van der Waals surface area contributed by atoms with Crippen LogP contribution in [0.5, 0.6) is 0 Å². The minimum atomic E-state index is 0.556. The van der Waals surface area contributed by atoms with Crippen LogP contribution in [0.4, 0.5) is 0 Å². The van der Waals surface area contributed by atoms with Crippen LogP contribution in [0.2, 0.25) is 0 Å². The van der Waals surface area contributed by atoms with Crippen molar-refractivity contribution in [2.45, 2.75) is 13.5 Å². The van der Waals surface area contributed by atoms with Gasteiger partial charge < -0.3 is 9.84 Å². The zero-order valence-corrected chi connectivity index (χ0v) is 10.7. The minimum Gasteiger partial charge on any atom is -0.334 e. The SMILES string of the molecule is CNCc1noc(-c2ccc(Br)c(C)c2)n1. The lowest BCUT2D eigenvalue weighted by molar-refractivity contribution is 0.420. The molecule has 0 spiro atoms. The van der Waals surface area contributed by atoms with Crippen LogP contribution >= 0.6 is 15.9 Å². The normalized spacial score (nSPS) is 10.7. The lowest BCUT2D eigenvalue weighted by Crippen LogP contribution is -2.06. The number of aromatic nitrogens is 2. The maximum absolute atomic E-state index is 5.18. The van der Waals surface area contributed by atoms with Crippen LogP contribution in [0.1, 0.15) is 11.4 Å². The molecule has 1 N–H and O–H groups in total. The predicted molar refractivity (Wildman–Crippen MR) is 64.9 cm³/mol. The van der Waals surface area contributed by atoms with E-state index < -0.39 is 0 Å². The first kappa shape index (κ1) is 11.3. The van der Waals surface area contributed by atoms with Gasteiger partial charge in [0.15, 0.2) is 5.82 Å². The van der Waals surface area contributed by atoms with Crippen molar-refractivity contribution < 1.29 is 4.52 Å². The first-order valence-corrected chi connectivity index (χ1v) is 5.73. The summed E-state index contributed by atoms with van der Waals surface area (Å²) in [5.41, 5.74) is 2.08. The second-order valence-corrected chi connectivity index (χ2v) is 4.36. The van der Waals surface area contributed by atoms with E-state index in [0.717, 1.165) is 15.6 Å². The van der Waals surface area contributed by atoms with Gasteiger partial charge in [-0.05, 0) is 37.7 Å². The van der Waals surface area contributed by atoms with Crippen LogP contribution in [-0.4, -0.2) is 17.2 Å². The molecule has 0 aliphatic carbocycles. The van der Waals surface area contributed by atoms with Crippen molar-refractivity contribution in [1.82, 2.24) is 15.5 Å². The van der Waals surface area contributed by atoms with Gasteiger partial charge in [-0.2, -0.15) is 4.98 Å². The molecule has 0 unspecified atom stereocenters. The molecule has 0 saturated heterocycles. The van der Waals surface area contributed by atoms with Gasteiger partial charge in [0.1, 0.15) is 0 Å². The van der Waals surface area contributed by atoms with E-state index in [4.69, 9.17) is 4.52 Å². The quantitative estimate of drug-likeness (QED) is 0.939. The van der Waals surface area contributed by atoms with Crippen molar-refractivity contribution in [3.63, 3.8) is 0 Å². The molecule has 4 nitrogen and oxygen atoms in total. The monoisotopic (exact) mass is 281 g/mol. The van der Waals surface area contributed by atoms with Gasteiger partial charge in [-0.3, -0.25) is 0 Å². The summed E-state index contributed by atoms with van der Waals surface area (Å²) in [6, 6.07) is 5.95. The Morgan fingerprint density at radius 2 is 2.25 bits per heavy atom. The highest BCUT2D eigenvalue weighted by Gasteiger charge is 2.08. The molecule has 2 aromatic rings. The van der Waals surface area contributed by atoms with Gasteiger partial charge in [-0.25, -0.2) is 0 Å². The average Bonchev–Trinajstić information content (AvgIpc) is 2.71. The Labute approximate surface area is 102 Å². The Morgan fingerprint density at radius 1 is 1.44 bits per heavy atom. The van der Waals surface area contributed by atoms with Crippen molar-refractivity contribution in [3.05, 3.63) is 34.1 Å². The van der Waals surface area contributed by atoms with Gasteiger partial charge in [0.05, 0.1) is 6.54 Å². The fourth-order valence-corrected chi connectivity index (χ4v) is 1.63. The summed E-state index contributed by atoms with van der Waals surface area (Å²) in [5, 5.41) is 6.85. The fraction of sp³-hybridized carbons (Fsp3) is 0.273. The molecule has 1 aromatic heterocycles. The van der Waals surface area contributed by atoms with Crippen LogP contribution in [0.25, 0.3) is 11.5 Å². The summed E-state index contributed by atoms with van der Waals surface area (Å²) in [6.45, 7) is 2.64. The molecule has 0 bridgehead atoms. The zero-order chi connectivity index (χ0) is 11.5. The number of nitrogens with one attached hydrogen (secondary N) is 1. The number of hydrogen-bond acceptors (Lipinski definition) is 4. The smallest absolute Gasteiger partial charge is 0.257 e. The molecule has 16 heavy (non-hydrogen) atoms. The Bertz CT molecular complexity index is 496. The van der Waals surface area contributed by atoms with Crippen molar-refractivity contribution in [1.29, 1.82) is 0 Å². The number of nitrogens with zero attached hydrogens (tertiary/aromatic N) is 2. The van der Waals surface area contributed by atoms with E-state index in [-0.39, 0.29) is 0 Å². The molecule has 1 heterocycles. The summed E-state index contributed by atoms with van der Waals surface area (Å²) in [4.78, 5) is 4.29. The van der Waals surface area contributed by atoms with E-state index in [0.29, 0.717) is 18.3 Å². The standard InChI is InChI=1S/C11H12BrN3O/c1-7-5-8(3-4-9(7)12)11-14-10(6-13-2)15-16-11/h3-5,13H,6H2,1-2H3. The molecule has 0 atom stereocenters. The van der Waals surface area contributed by atoms with Crippen molar-refractivity contribution >= 4 is 15.9 Å². The molecule has 1 aromatic carbocycles. The molecule has 5 heteroatoms. The lowest BCUT2D eigenvalue weighted by Gasteiger charge is -1.99. The van der Waals surface area contributed by atoms with Gasteiger partial charge in [0.2, 0.25) is 0 Å². The number of aryl methyl sites for hydroxylation is 1. The summed E-state index contributed by atoms with van der Waals surface area (Å²) in [5.74, 6) is 1.22. The molecular formula is C11H12BrN3O. The topological polar surface area (TPSA) is 51.0 Å². The number of rotatable bonds is 3. The average molecular weight is 282 g/mol. The molecule has 0 amide bonds. The van der Waals surface area contributed by atoms with Gasteiger partial charge in [-0.15, -0.1) is 0 Å². The molecule has 0 fully saturated rings. The zero-order valence-electron chi connectivity index (χ0n) is 9.12. The van der Waals surface area contributed by atoms with E-state index in [1.165, 1.54) is 0 Å². The van der Waals surface area contributed by atoms with Crippen LogP contribution in [0.3, 0.4) is 0 Å². The highest BCUT2D eigenvalue weighted by molar-refractivity contribution is 9.10. The van der Waals surface area contributed by atoms with E-state index >= 15 is 0 Å². The predicted octanol–water partition coefficient (Wildman–Crippen LogP) is 2.53. The third-order valence-electron chi connectivity index (χ3n) is 2.21. The maximum atomic E-state index is 5.18. The number of halogens is 1. The Kier molecular flexibility index (Phi) is 3.36. The third kappa shape index (κ3) is 2.31. The molecule has 0 radical (unpaired) electrons. The van der Waals surface area contributed by atoms with Crippen molar-refractivity contribution in [3.8, 4) is 11.5 Å². The fourth-order valence-electron chi connectivity index (χ4n) is 1.38. The molecule has 84 valence electrons. The second-order valence-electron chi connectivity index (χ2n) is 3.51. The van der Waals surface area contributed by atoms with Crippen molar-refractivity contribution in [2.24, 2.45) is 0 Å². The molecule has 2 rings (SSSR count). The van der Waals surface area contributed by atoms with Crippen LogP contribution < -0.4 is 5.32 Å². The third-order valence-corrected chi connectivity index (χ3v) is 3.10. The van der Waals surface area contributed by atoms with E-state index in [2.05, 4.69) is 31.4 Å². The summed E-state index contributed by atoms with van der Waals surface area (Å²) < 4.78 is 6.26. The van der Waals surface area contributed by atoms with Crippen LogP contribution in [0.15, 0.2) is 27.2 Å².